The summed E-state index contributed by atoms with van der Waals surface area (Å²) in [6.07, 6.45) is -3.36. The van der Waals surface area contributed by atoms with E-state index in [1.54, 1.807) is 23.1 Å². The van der Waals surface area contributed by atoms with Crippen molar-refractivity contribution in [1.82, 2.24) is 20.1 Å². The van der Waals surface area contributed by atoms with Crippen LogP contribution in [0, 0.1) is 0 Å². The predicted molar refractivity (Wildman–Crippen MR) is 126 cm³/mol. The van der Waals surface area contributed by atoms with E-state index in [1.807, 2.05) is 6.07 Å². The zero-order valence-corrected chi connectivity index (χ0v) is 19.8. The zero-order valence-electron chi connectivity index (χ0n) is 19.0. The van der Waals surface area contributed by atoms with Gasteiger partial charge in [-0.15, -0.1) is 24.5 Å². The molecule has 1 aliphatic rings. The van der Waals surface area contributed by atoms with Gasteiger partial charge in [0.05, 0.1) is 4.88 Å². The number of amides is 2. The van der Waals surface area contributed by atoms with E-state index in [0.717, 1.165) is 4.88 Å². The minimum atomic E-state index is -4.82. The summed E-state index contributed by atoms with van der Waals surface area (Å²) >= 11 is 1.30. The number of nitrogens with one attached hydrogen (secondary N) is 1. The quantitative estimate of drug-likeness (QED) is 0.494. The lowest BCUT2D eigenvalue weighted by molar-refractivity contribution is -0.274. The lowest BCUT2D eigenvalue weighted by Gasteiger charge is -2.34. The van der Waals surface area contributed by atoms with Crippen molar-refractivity contribution in [1.29, 1.82) is 0 Å². The maximum Gasteiger partial charge on any atom is 0.573 e. The summed E-state index contributed by atoms with van der Waals surface area (Å²) in [6.45, 7) is 2.68. The van der Waals surface area contributed by atoms with Gasteiger partial charge in [0.15, 0.2) is 5.69 Å². The Hall–Kier alpha value is -3.64. The number of hydrogen-bond acceptors (Lipinski definition) is 7. The smallest absolute Gasteiger partial charge is 0.505 e. The van der Waals surface area contributed by atoms with Gasteiger partial charge < -0.3 is 20.1 Å². The summed E-state index contributed by atoms with van der Waals surface area (Å²) in [5.41, 5.74) is 0.249. The predicted octanol–water partition coefficient (Wildman–Crippen LogP) is 3.64. The summed E-state index contributed by atoms with van der Waals surface area (Å²) in [5.74, 6) is -1.21. The van der Waals surface area contributed by atoms with Crippen LogP contribution in [-0.4, -0.2) is 64.2 Å². The van der Waals surface area contributed by atoms with Gasteiger partial charge in [-0.1, -0.05) is 18.2 Å². The van der Waals surface area contributed by atoms with Crippen molar-refractivity contribution in [3.8, 4) is 11.5 Å². The molecule has 0 radical (unpaired) electrons. The minimum Gasteiger partial charge on any atom is -0.505 e. The normalized spacial score (nSPS) is 14.5. The van der Waals surface area contributed by atoms with Crippen molar-refractivity contribution in [2.24, 2.45) is 0 Å². The van der Waals surface area contributed by atoms with Crippen LogP contribution in [0.5, 0.6) is 11.5 Å². The number of aromatic nitrogens is 1. The third kappa shape index (κ3) is 6.52. The number of nitrogens with zero attached hydrogens (tertiary/aromatic N) is 3. The molecule has 0 atom stereocenters. The van der Waals surface area contributed by atoms with Crippen LogP contribution >= 0.6 is 11.3 Å². The number of piperazine rings is 1. The molecule has 1 aromatic carbocycles. The second-order valence-corrected chi connectivity index (χ2v) is 9.21. The van der Waals surface area contributed by atoms with Crippen molar-refractivity contribution in [2.75, 3.05) is 26.2 Å². The number of thiophene rings is 1. The summed E-state index contributed by atoms with van der Waals surface area (Å²) < 4.78 is 41.8. The fraction of sp³-hybridized carbons (Fsp3) is 0.292. The van der Waals surface area contributed by atoms with Crippen LogP contribution in [0.4, 0.5) is 13.2 Å². The molecule has 190 valence electrons. The Kier molecular flexibility index (Phi) is 7.75. The van der Waals surface area contributed by atoms with E-state index in [0.29, 0.717) is 37.6 Å². The molecular formula is C24H23F3N4O4S. The Morgan fingerprint density at radius 3 is 2.53 bits per heavy atom. The molecule has 0 unspecified atom stereocenters. The first-order valence-electron chi connectivity index (χ1n) is 11.1. The lowest BCUT2D eigenvalue weighted by atomic mass is 10.2. The first kappa shape index (κ1) is 25.5. The maximum absolute atomic E-state index is 12.6. The Morgan fingerprint density at radius 1 is 1.06 bits per heavy atom. The van der Waals surface area contributed by atoms with Gasteiger partial charge >= 0.3 is 6.36 Å². The highest BCUT2D eigenvalue weighted by Crippen LogP contribution is 2.26. The second-order valence-electron chi connectivity index (χ2n) is 8.04. The number of para-hydroxylation sites is 1. The number of carbonyl (C=O) groups is 2. The number of hydrogen-bond donors (Lipinski definition) is 2. The van der Waals surface area contributed by atoms with Crippen LogP contribution < -0.4 is 10.1 Å². The third-order valence-corrected chi connectivity index (χ3v) is 6.62. The molecule has 3 heterocycles. The Bertz CT molecular complexity index is 1230. The van der Waals surface area contributed by atoms with Crippen molar-refractivity contribution >= 4 is 23.2 Å². The molecule has 1 aliphatic heterocycles. The van der Waals surface area contributed by atoms with Crippen molar-refractivity contribution in [3.63, 3.8) is 0 Å². The molecule has 12 heteroatoms. The molecule has 3 aromatic rings. The first-order valence-corrected chi connectivity index (χ1v) is 11.9. The fourth-order valence-corrected chi connectivity index (χ4v) is 4.73. The van der Waals surface area contributed by atoms with E-state index in [1.165, 1.54) is 41.8 Å². The first-order chi connectivity index (χ1) is 17.2. The van der Waals surface area contributed by atoms with Gasteiger partial charge in [-0.2, -0.15) is 0 Å². The molecule has 0 spiro atoms. The van der Waals surface area contributed by atoms with Gasteiger partial charge in [-0.25, -0.2) is 4.98 Å². The number of alkyl halides is 3. The highest BCUT2D eigenvalue weighted by atomic mass is 32.1. The van der Waals surface area contributed by atoms with E-state index in [9.17, 15) is 27.9 Å². The Balaban J connectivity index is 1.28. The highest BCUT2D eigenvalue weighted by molar-refractivity contribution is 7.14. The minimum absolute atomic E-state index is 0.0347. The third-order valence-electron chi connectivity index (χ3n) is 5.55. The fourth-order valence-electron chi connectivity index (χ4n) is 3.76. The average Bonchev–Trinajstić information content (AvgIpc) is 3.31. The SMILES string of the molecule is O=C(NCc1ccccc1OC(F)(F)F)c1ccc(CN2CCN(C(=O)c3ncccc3O)CC2)s1. The standard InChI is InChI=1S/C24H23F3N4O4S/c25-24(26,27)35-19-6-2-1-4-16(19)14-29-22(33)20-8-7-17(36-20)15-30-10-12-31(13-11-30)23(34)21-18(32)5-3-9-28-21/h1-9,32H,10-15H2,(H,29,33). The van der Waals surface area contributed by atoms with Gasteiger partial charge in [0.1, 0.15) is 11.5 Å². The Labute approximate surface area is 208 Å². The summed E-state index contributed by atoms with van der Waals surface area (Å²) in [4.78, 5) is 34.3. The molecule has 1 saturated heterocycles. The van der Waals surface area contributed by atoms with Gasteiger partial charge in [0.2, 0.25) is 0 Å². The van der Waals surface area contributed by atoms with Crippen molar-refractivity contribution < 1.29 is 32.6 Å². The van der Waals surface area contributed by atoms with Crippen molar-refractivity contribution in [2.45, 2.75) is 19.5 Å². The number of ether oxygens (including phenoxy) is 1. The second kappa shape index (κ2) is 11.0. The Morgan fingerprint density at radius 2 is 1.81 bits per heavy atom. The molecule has 2 aromatic heterocycles. The van der Waals surface area contributed by atoms with Crippen LogP contribution in [0.3, 0.4) is 0 Å². The van der Waals surface area contributed by atoms with Crippen molar-refractivity contribution in [3.05, 3.63) is 75.7 Å². The summed E-state index contributed by atoms with van der Waals surface area (Å²) in [5, 5.41) is 12.5. The number of halogens is 3. The van der Waals surface area contributed by atoms with E-state index >= 15 is 0 Å². The monoisotopic (exact) mass is 520 g/mol. The van der Waals surface area contributed by atoms with Gasteiger partial charge in [-0.05, 0) is 30.3 Å². The maximum atomic E-state index is 12.6. The summed E-state index contributed by atoms with van der Waals surface area (Å²) in [6, 6.07) is 12.2. The number of carbonyl (C=O) groups excluding carboxylic acids is 2. The molecule has 0 saturated carbocycles. The number of rotatable bonds is 7. The summed E-state index contributed by atoms with van der Waals surface area (Å²) in [7, 11) is 0. The topological polar surface area (TPSA) is 95.0 Å². The van der Waals surface area contributed by atoms with Crippen LogP contribution in [0.15, 0.2) is 54.7 Å². The molecule has 36 heavy (non-hydrogen) atoms. The highest BCUT2D eigenvalue weighted by Gasteiger charge is 2.32. The van der Waals surface area contributed by atoms with Gasteiger partial charge in [0.25, 0.3) is 11.8 Å². The van der Waals surface area contributed by atoms with Gasteiger partial charge in [0, 0.05) is 55.9 Å². The molecular weight excluding hydrogens is 497 g/mol. The van der Waals surface area contributed by atoms with Crippen LogP contribution in [0.2, 0.25) is 0 Å². The molecule has 8 nitrogen and oxygen atoms in total. The molecule has 1 fully saturated rings. The molecule has 2 amide bonds. The van der Waals surface area contributed by atoms with E-state index in [2.05, 4.69) is 19.9 Å². The molecule has 0 bridgehead atoms. The van der Waals surface area contributed by atoms with Crippen LogP contribution in [0.1, 0.15) is 30.6 Å². The van der Waals surface area contributed by atoms with E-state index < -0.39 is 12.3 Å². The molecule has 0 aliphatic carbocycles. The zero-order chi connectivity index (χ0) is 25.7. The largest absolute Gasteiger partial charge is 0.573 e. The molecule has 2 N–H and O–H groups in total. The number of pyridine rings is 1. The molecule has 4 rings (SSSR count). The lowest BCUT2D eigenvalue weighted by Crippen LogP contribution is -2.48. The van der Waals surface area contributed by atoms with Crippen LogP contribution in [-0.2, 0) is 13.1 Å². The van der Waals surface area contributed by atoms with Crippen LogP contribution in [0.25, 0.3) is 0 Å². The van der Waals surface area contributed by atoms with E-state index in [4.69, 9.17) is 0 Å². The number of aromatic hydroxyl groups is 1. The van der Waals surface area contributed by atoms with E-state index in [-0.39, 0.29) is 35.2 Å². The van der Waals surface area contributed by atoms with Gasteiger partial charge in [-0.3, -0.25) is 14.5 Å². The number of benzene rings is 1. The average molecular weight is 521 g/mol.